The molecule has 0 radical (unpaired) electrons. The molecule has 0 saturated heterocycles. The molecular weight excluding hydrogens is 204 g/mol. The Morgan fingerprint density at radius 1 is 1.56 bits per heavy atom. The highest BCUT2D eigenvalue weighted by atomic mass is 16.4. The van der Waals surface area contributed by atoms with E-state index in [9.17, 15) is 9.90 Å². The van der Waals surface area contributed by atoms with Crippen molar-refractivity contribution in [2.45, 2.75) is 37.1 Å². The highest BCUT2D eigenvalue weighted by Gasteiger charge is 2.44. The Morgan fingerprint density at radius 3 is 2.62 bits per heavy atom. The zero-order valence-corrected chi connectivity index (χ0v) is 9.52. The Bertz CT molecular complexity index is 389. The molecule has 0 amide bonds. The molecule has 3 N–H and O–H groups in total. The second-order valence-corrected chi connectivity index (χ2v) is 4.73. The highest BCUT2D eigenvalue weighted by molar-refractivity contribution is 5.81. The van der Waals surface area contributed by atoms with E-state index in [4.69, 9.17) is 5.73 Å². The number of hydrogen-bond acceptors (Lipinski definition) is 2. The van der Waals surface area contributed by atoms with Gasteiger partial charge in [-0.15, -0.1) is 0 Å². The normalized spacial score (nSPS) is 30.2. The van der Waals surface area contributed by atoms with Crippen molar-refractivity contribution in [1.82, 2.24) is 4.57 Å². The molecule has 1 saturated carbocycles. The second kappa shape index (κ2) is 3.94. The second-order valence-electron chi connectivity index (χ2n) is 4.73. The van der Waals surface area contributed by atoms with Crippen LogP contribution >= 0.6 is 0 Å². The van der Waals surface area contributed by atoms with Crippen molar-refractivity contribution in [3.63, 3.8) is 0 Å². The largest absolute Gasteiger partial charge is 0.481 e. The van der Waals surface area contributed by atoms with Gasteiger partial charge in [-0.2, -0.15) is 0 Å². The van der Waals surface area contributed by atoms with Crippen LogP contribution in [0.3, 0.4) is 0 Å². The van der Waals surface area contributed by atoms with Crippen LogP contribution in [0.1, 0.15) is 31.4 Å². The van der Waals surface area contributed by atoms with Gasteiger partial charge in [-0.05, 0) is 37.8 Å². The van der Waals surface area contributed by atoms with Crippen LogP contribution in [0, 0.1) is 0 Å². The molecule has 1 aliphatic rings. The molecule has 1 heterocycles. The molecule has 1 aliphatic carbocycles. The lowest BCUT2D eigenvalue weighted by Gasteiger charge is -2.36. The molecule has 2 rings (SSSR count). The summed E-state index contributed by atoms with van der Waals surface area (Å²) < 4.78 is 1.91. The third-order valence-electron chi connectivity index (χ3n) is 3.73. The fourth-order valence-corrected chi connectivity index (χ4v) is 2.67. The lowest BCUT2D eigenvalue weighted by Crippen LogP contribution is -2.43. The summed E-state index contributed by atoms with van der Waals surface area (Å²) in [6.45, 7) is 0. The molecule has 0 unspecified atom stereocenters. The van der Waals surface area contributed by atoms with Crippen LogP contribution in [0.4, 0.5) is 0 Å². The minimum absolute atomic E-state index is 0.160. The number of carbonyl (C=O) groups is 1. The summed E-state index contributed by atoms with van der Waals surface area (Å²) in [5, 5.41) is 9.52. The summed E-state index contributed by atoms with van der Waals surface area (Å²) in [6, 6.07) is 3.97. The zero-order chi connectivity index (χ0) is 11.8. The van der Waals surface area contributed by atoms with Crippen molar-refractivity contribution in [3.8, 4) is 0 Å². The Hall–Kier alpha value is -1.29. The number of aromatic nitrogens is 1. The number of rotatable bonds is 2. The van der Waals surface area contributed by atoms with E-state index in [-0.39, 0.29) is 6.04 Å². The lowest BCUT2D eigenvalue weighted by atomic mass is 9.70. The van der Waals surface area contributed by atoms with E-state index in [2.05, 4.69) is 0 Å². The molecule has 1 aromatic heterocycles. The standard InChI is InChI=1S/C12H18N2O2/c1-14-8-2-3-10(14)12(11(15)16)6-4-9(13)5-7-12/h2-3,8-9H,4-7,13H2,1H3,(H,15,16). The molecule has 0 atom stereocenters. The number of hydrogen-bond donors (Lipinski definition) is 2. The van der Waals surface area contributed by atoms with Crippen LogP contribution in [0.5, 0.6) is 0 Å². The van der Waals surface area contributed by atoms with Crippen molar-refractivity contribution in [1.29, 1.82) is 0 Å². The van der Waals surface area contributed by atoms with Gasteiger partial charge in [-0.1, -0.05) is 0 Å². The van der Waals surface area contributed by atoms with Gasteiger partial charge < -0.3 is 15.4 Å². The van der Waals surface area contributed by atoms with Crippen LogP contribution in [0.2, 0.25) is 0 Å². The van der Waals surface area contributed by atoms with Gasteiger partial charge in [-0.25, -0.2) is 0 Å². The van der Waals surface area contributed by atoms with Crippen LogP contribution in [0.25, 0.3) is 0 Å². The molecule has 0 bridgehead atoms. The predicted molar refractivity (Wildman–Crippen MR) is 61.2 cm³/mol. The molecule has 0 aromatic carbocycles. The number of aliphatic carboxylic acids is 1. The van der Waals surface area contributed by atoms with Gasteiger partial charge in [0.1, 0.15) is 5.41 Å². The first-order valence-corrected chi connectivity index (χ1v) is 5.67. The summed E-state index contributed by atoms with van der Waals surface area (Å²) >= 11 is 0. The van der Waals surface area contributed by atoms with E-state index in [0.29, 0.717) is 12.8 Å². The molecule has 16 heavy (non-hydrogen) atoms. The Balaban J connectivity index is 2.37. The fraction of sp³-hybridized carbons (Fsp3) is 0.583. The topological polar surface area (TPSA) is 68.2 Å². The minimum Gasteiger partial charge on any atom is -0.481 e. The molecule has 1 aromatic rings. The van der Waals surface area contributed by atoms with Crippen molar-refractivity contribution < 1.29 is 9.90 Å². The maximum absolute atomic E-state index is 11.6. The Labute approximate surface area is 95.1 Å². The van der Waals surface area contributed by atoms with Crippen molar-refractivity contribution in [2.75, 3.05) is 0 Å². The number of nitrogens with two attached hydrogens (primary N) is 1. The third-order valence-corrected chi connectivity index (χ3v) is 3.73. The predicted octanol–water partition coefficient (Wildman–Crippen LogP) is 1.25. The van der Waals surface area contributed by atoms with Crippen LogP contribution in [0.15, 0.2) is 18.3 Å². The van der Waals surface area contributed by atoms with E-state index in [1.54, 1.807) is 0 Å². The first-order valence-electron chi connectivity index (χ1n) is 5.67. The van der Waals surface area contributed by atoms with Gasteiger partial charge >= 0.3 is 5.97 Å². The highest BCUT2D eigenvalue weighted by Crippen LogP contribution is 2.39. The van der Waals surface area contributed by atoms with Gasteiger partial charge in [0.05, 0.1) is 0 Å². The first-order chi connectivity index (χ1) is 7.56. The quantitative estimate of drug-likeness (QED) is 0.791. The molecule has 0 aliphatic heterocycles. The van der Waals surface area contributed by atoms with E-state index >= 15 is 0 Å². The molecule has 0 spiro atoms. The van der Waals surface area contributed by atoms with Crippen LogP contribution in [-0.4, -0.2) is 21.7 Å². The first kappa shape index (κ1) is 11.2. The number of aryl methyl sites for hydroxylation is 1. The summed E-state index contributed by atoms with van der Waals surface area (Å²) in [4.78, 5) is 11.6. The van der Waals surface area contributed by atoms with Crippen molar-refractivity contribution >= 4 is 5.97 Å². The van der Waals surface area contributed by atoms with E-state index in [0.717, 1.165) is 18.5 Å². The average molecular weight is 222 g/mol. The van der Waals surface area contributed by atoms with Gasteiger partial charge in [0.2, 0.25) is 0 Å². The monoisotopic (exact) mass is 222 g/mol. The van der Waals surface area contributed by atoms with Crippen molar-refractivity contribution in [3.05, 3.63) is 24.0 Å². The molecule has 4 heteroatoms. The van der Waals surface area contributed by atoms with Gasteiger partial charge in [-0.3, -0.25) is 4.79 Å². The summed E-state index contributed by atoms with van der Waals surface area (Å²) in [7, 11) is 1.90. The third kappa shape index (κ3) is 1.63. The smallest absolute Gasteiger partial charge is 0.315 e. The van der Waals surface area contributed by atoms with Gasteiger partial charge in [0.25, 0.3) is 0 Å². The molecule has 4 nitrogen and oxygen atoms in total. The fourth-order valence-electron chi connectivity index (χ4n) is 2.67. The average Bonchev–Trinajstić information content (AvgIpc) is 2.66. The van der Waals surface area contributed by atoms with Crippen LogP contribution < -0.4 is 5.73 Å². The SMILES string of the molecule is Cn1cccc1C1(C(=O)O)CCC(N)CC1. The lowest BCUT2D eigenvalue weighted by molar-refractivity contribution is -0.145. The summed E-state index contributed by atoms with van der Waals surface area (Å²) in [5.74, 6) is -0.721. The molecular formula is C12H18N2O2. The van der Waals surface area contributed by atoms with Crippen molar-refractivity contribution in [2.24, 2.45) is 12.8 Å². The number of nitrogens with zero attached hydrogens (tertiary/aromatic N) is 1. The maximum Gasteiger partial charge on any atom is 0.315 e. The van der Waals surface area contributed by atoms with Gasteiger partial charge in [0.15, 0.2) is 0 Å². The zero-order valence-electron chi connectivity index (χ0n) is 9.52. The maximum atomic E-state index is 11.6. The summed E-state index contributed by atoms with van der Waals surface area (Å²) in [6.07, 6.45) is 4.76. The van der Waals surface area contributed by atoms with E-state index in [1.165, 1.54) is 0 Å². The Morgan fingerprint density at radius 2 is 2.19 bits per heavy atom. The molecule has 88 valence electrons. The van der Waals surface area contributed by atoms with Crippen LogP contribution in [-0.2, 0) is 17.3 Å². The number of carboxylic acid groups (broad SMARTS) is 1. The van der Waals surface area contributed by atoms with E-state index < -0.39 is 11.4 Å². The number of carboxylic acids is 1. The molecule has 1 fully saturated rings. The van der Waals surface area contributed by atoms with E-state index in [1.807, 2.05) is 29.9 Å². The van der Waals surface area contributed by atoms with Gasteiger partial charge in [0, 0.05) is 25.0 Å². The summed E-state index contributed by atoms with van der Waals surface area (Å²) in [5.41, 5.74) is 6.01. The Kier molecular flexibility index (Phi) is 2.76. The minimum atomic E-state index is -0.728.